The zero-order valence-corrected chi connectivity index (χ0v) is 11.7. The van der Waals surface area contributed by atoms with Gasteiger partial charge >= 0.3 is 5.97 Å². The second-order valence-corrected chi connectivity index (χ2v) is 5.16. The molecule has 0 heterocycles. The molecule has 0 aliphatic heterocycles. The van der Waals surface area contributed by atoms with E-state index in [1.165, 1.54) is 13.5 Å². The molecule has 1 N–H and O–H groups in total. The Balaban J connectivity index is 3.86. The molecule has 0 aromatic rings. The number of hydrogen-bond acceptors (Lipinski definition) is 4. The highest BCUT2D eigenvalue weighted by atomic mass is 32.2. The molecular formula is C12H25NO2S. The van der Waals surface area contributed by atoms with Crippen molar-refractivity contribution in [2.45, 2.75) is 39.7 Å². The molecule has 0 amide bonds. The first-order valence-electron chi connectivity index (χ1n) is 6.04. The van der Waals surface area contributed by atoms with Crippen molar-refractivity contribution in [3.63, 3.8) is 0 Å². The Bertz CT molecular complexity index is 188. The highest BCUT2D eigenvalue weighted by Gasteiger charge is 2.18. The van der Waals surface area contributed by atoms with Crippen LogP contribution in [0.15, 0.2) is 0 Å². The van der Waals surface area contributed by atoms with Crippen LogP contribution in [0.25, 0.3) is 0 Å². The minimum atomic E-state index is -0.154. The SMILES string of the molecule is CCCNC(CSCC(C)CC)C(=O)OC. The van der Waals surface area contributed by atoms with Gasteiger partial charge in [-0.1, -0.05) is 27.2 Å². The van der Waals surface area contributed by atoms with Crippen molar-refractivity contribution in [3.05, 3.63) is 0 Å². The molecule has 0 radical (unpaired) electrons. The zero-order chi connectivity index (χ0) is 12.4. The molecule has 0 bridgehead atoms. The van der Waals surface area contributed by atoms with Crippen LogP contribution in [-0.4, -0.2) is 37.2 Å². The van der Waals surface area contributed by atoms with E-state index in [1.807, 2.05) is 11.8 Å². The maximum absolute atomic E-state index is 11.5. The second-order valence-electron chi connectivity index (χ2n) is 4.08. The van der Waals surface area contributed by atoms with E-state index in [1.54, 1.807) is 0 Å². The molecule has 0 aromatic heterocycles. The van der Waals surface area contributed by atoms with Gasteiger partial charge in [0.2, 0.25) is 0 Å². The molecule has 96 valence electrons. The molecule has 0 aliphatic rings. The standard InChI is InChI=1S/C12H25NO2S/c1-5-7-13-11(12(14)15-4)9-16-8-10(3)6-2/h10-11,13H,5-9H2,1-4H3. The molecule has 0 saturated heterocycles. The summed E-state index contributed by atoms with van der Waals surface area (Å²) in [6.45, 7) is 7.38. The quantitative estimate of drug-likeness (QED) is 0.635. The van der Waals surface area contributed by atoms with Gasteiger partial charge in [0, 0.05) is 5.75 Å². The molecule has 0 fully saturated rings. The van der Waals surface area contributed by atoms with Crippen molar-refractivity contribution >= 4 is 17.7 Å². The maximum Gasteiger partial charge on any atom is 0.323 e. The van der Waals surface area contributed by atoms with E-state index >= 15 is 0 Å². The zero-order valence-electron chi connectivity index (χ0n) is 10.9. The summed E-state index contributed by atoms with van der Waals surface area (Å²) in [4.78, 5) is 11.5. The number of rotatable bonds is 9. The average Bonchev–Trinajstić information content (AvgIpc) is 2.32. The summed E-state index contributed by atoms with van der Waals surface area (Å²) in [5.74, 6) is 2.48. The lowest BCUT2D eigenvalue weighted by molar-refractivity contribution is -0.142. The van der Waals surface area contributed by atoms with Gasteiger partial charge < -0.3 is 10.1 Å². The van der Waals surface area contributed by atoms with E-state index in [-0.39, 0.29) is 12.0 Å². The number of ether oxygens (including phenoxy) is 1. The predicted molar refractivity (Wildman–Crippen MR) is 70.9 cm³/mol. The number of carbonyl (C=O) groups excluding carboxylic acids is 1. The van der Waals surface area contributed by atoms with Crippen molar-refractivity contribution < 1.29 is 9.53 Å². The minimum absolute atomic E-state index is 0.148. The van der Waals surface area contributed by atoms with E-state index in [2.05, 4.69) is 26.1 Å². The summed E-state index contributed by atoms with van der Waals surface area (Å²) in [6, 6.07) is -0.154. The molecule has 3 nitrogen and oxygen atoms in total. The van der Waals surface area contributed by atoms with Gasteiger partial charge in [-0.2, -0.15) is 11.8 Å². The van der Waals surface area contributed by atoms with Gasteiger partial charge in [0.05, 0.1) is 7.11 Å². The fourth-order valence-corrected chi connectivity index (χ4v) is 2.44. The number of esters is 1. The van der Waals surface area contributed by atoms with E-state index in [4.69, 9.17) is 4.74 Å². The van der Waals surface area contributed by atoms with Crippen molar-refractivity contribution in [2.75, 3.05) is 25.2 Å². The third kappa shape index (κ3) is 7.12. The summed E-state index contributed by atoms with van der Waals surface area (Å²) >= 11 is 1.82. The normalized spacial score (nSPS) is 14.5. The topological polar surface area (TPSA) is 38.3 Å². The predicted octanol–water partition coefficient (Wildman–Crippen LogP) is 2.31. The third-order valence-electron chi connectivity index (χ3n) is 2.51. The van der Waals surface area contributed by atoms with Crippen LogP contribution >= 0.6 is 11.8 Å². The Morgan fingerprint density at radius 3 is 2.56 bits per heavy atom. The van der Waals surface area contributed by atoms with Gasteiger partial charge in [-0.05, 0) is 24.6 Å². The van der Waals surface area contributed by atoms with Gasteiger partial charge in [-0.3, -0.25) is 4.79 Å². The number of thioether (sulfide) groups is 1. The van der Waals surface area contributed by atoms with E-state index in [0.29, 0.717) is 0 Å². The highest BCUT2D eigenvalue weighted by molar-refractivity contribution is 7.99. The molecule has 16 heavy (non-hydrogen) atoms. The Kier molecular flexibility index (Phi) is 9.83. The molecule has 4 heteroatoms. The number of carbonyl (C=O) groups is 1. The number of hydrogen-bond donors (Lipinski definition) is 1. The van der Waals surface area contributed by atoms with Crippen molar-refractivity contribution in [1.29, 1.82) is 0 Å². The Labute approximate surface area is 104 Å². The maximum atomic E-state index is 11.5. The van der Waals surface area contributed by atoms with Gasteiger partial charge in [-0.15, -0.1) is 0 Å². The minimum Gasteiger partial charge on any atom is -0.468 e. The second kappa shape index (κ2) is 9.97. The summed E-state index contributed by atoms with van der Waals surface area (Å²) in [6.07, 6.45) is 2.22. The lowest BCUT2D eigenvalue weighted by Crippen LogP contribution is -2.40. The van der Waals surface area contributed by atoms with E-state index in [0.717, 1.165) is 30.4 Å². The lowest BCUT2D eigenvalue weighted by Gasteiger charge is -2.16. The van der Waals surface area contributed by atoms with Gasteiger partial charge in [0.15, 0.2) is 0 Å². The molecule has 2 atom stereocenters. The number of methoxy groups -OCH3 is 1. The summed E-state index contributed by atoms with van der Waals surface area (Å²) in [5, 5.41) is 3.22. The van der Waals surface area contributed by atoms with Gasteiger partial charge in [0.25, 0.3) is 0 Å². The summed E-state index contributed by atoms with van der Waals surface area (Å²) in [7, 11) is 1.45. The van der Waals surface area contributed by atoms with Gasteiger partial charge in [0.1, 0.15) is 6.04 Å². The van der Waals surface area contributed by atoms with Crippen molar-refractivity contribution in [3.8, 4) is 0 Å². The first kappa shape index (κ1) is 15.8. The van der Waals surface area contributed by atoms with Crippen LogP contribution in [0.4, 0.5) is 0 Å². The van der Waals surface area contributed by atoms with Crippen LogP contribution in [0.5, 0.6) is 0 Å². The fraction of sp³-hybridized carbons (Fsp3) is 0.917. The largest absolute Gasteiger partial charge is 0.468 e. The Morgan fingerprint density at radius 2 is 2.06 bits per heavy atom. The number of nitrogens with one attached hydrogen (secondary N) is 1. The van der Waals surface area contributed by atoms with Gasteiger partial charge in [-0.25, -0.2) is 0 Å². The molecule has 0 saturated carbocycles. The first-order valence-corrected chi connectivity index (χ1v) is 7.20. The van der Waals surface area contributed by atoms with Crippen LogP contribution in [0.3, 0.4) is 0 Å². The Morgan fingerprint density at radius 1 is 1.38 bits per heavy atom. The van der Waals surface area contributed by atoms with E-state index < -0.39 is 0 Å². The molecule has 0 spiro atoms. The van der Waals surface area contributed by atoms with Crippen LogP contribution in [0, 0.1) is 5.92 Å². The summed E-state index contributed by atoms with van der Waals surface area (Å²) < 4.78 is 4.78. The molecule has 0 aliphatic carbocycles. The fourth-order valence-electron chi connectivity index (χ4n) is 1.18. The highest BCUT2D eigenvalue weighted by Crippen LogP contribution is 2.12. The monoisotopic (exact) mass is 247 g/mol. The third-order valence-corrected chi connectivity index (χ3v) is 3.88. The van der Waals surface area contributed by atoms with Crippen molar-refractivity contribution in [1.82, 2.24) is 5.32 Å². The van der Waals surface area contributed by atoms with Crippen molar-refractivity contribution in [2.24, 2.45) is 5.92 Å². The first-order chi connectivity index (χ1) is 7.65. The molecular weight excluding hydrogens is 222 g/mol. The van der Waals surface area contributed by atoms with Crippen LogP contribution in [0.2, 0.25) is 0 Å². The average molecular weight is 247 g/mol. The molecule has 2 unspecified atom stereocenters. The van der Waals surface area contributed by atoms with Crippen LogP contribution < -0.4 is 5.32 Å². The molecule has 0 aromatic carbocycles. The van der Waals surface area contributed by atoms with Crippen LogP contribution in [-0.2, 0) is 9.53 Å². The smallest absolute Gasteiger partial charge is 0.323 e. The van der Waals surface area contributed by atoms with E-state index in [9.17, 15) is 4.79 Å². The van der Waals surface area contributed by atoms with Crippen LogP contribution in [0.1, 0.15) is 33.6 Å². The summed E-state index contributed by atoms with van der Waals surface area (Å²) in [5.41, 5.74) is 0. The lowest BCUT2D eigenvalue weighted by atomic mass is 10.2. The Hall–Kier alpha value is -0.220. The molecule has 0 rings (SSSR count).